The molecule has 0 aliphatic rings. The highest BCUT2D eigenvalue weighted by Crippen LogP contribution is 2.15. The van der Waals surface area contributed by atoms with Crippen molar-refractivity contribution in [2.24, 2.45) is 5.84 Å². The van der Waals surface area contributed by atoms with Gasteiger partial charge in [0.2, 0.25) is 0 Å². The largest absolute Gasteiger partial charge is 0.308 e. The third kappa shape index (κ3) is 2.15. The number of pyridine rings is 1. The Bertz CT molecular complexity index is 494. The first-order valence-electron chi connectivity index (χ1n) is 4.80. The van der Waals surface area contributed by atoms with Gasteiger partial charge < -0.3 is 5.43 Å². The van der Waals surface area contributed by atoms with Gasteiger partial charge in [0, 0.05) is 6.20 Å². The number of nitrogens with zero attached hydrogens (tertiary/aromatic N) is 3. The number of aromatic nitrogens is 3. The second kappa shape index (κ2) is 4.51. The molecule has 3 N–H and O–H groups in total. The van der Waals surface area contributed by atoms with E-state index in [1.54, 1.807) is 12.4 Å². The first-order chi connectivity index (χ1) is 7.70. The number of hydrogen-bond acceptors (Lipinski definition) is 4. The lowest BCUT2D eigenvalue weighted by atomic mass is 10.2. The molecule has 0 radical (unpaired) electrons. The van der Waals surface area contributed by atoms with Crippen molar-refractivity contribution < 1.29 is 0 Å². The Morgan fingerprint density at radius 1 is 1.56 bits per heavy atom. The topological polar surface area (TPSA) is 68.8 Å². The monoisotopic (exact) mass is 237 g/mol. The molecule has 16 heavy (non-hydrogen) atoms. The zero-order chi connectivity index (χ0) is 11.5. The highest BCUT2D eigenvalue weighted by atomic mass is 35.5. The van der Waals surface area contributed by atoms with Gasteiger partial charge >= 0.3 is 0 Å². The summed E-state index contributed by atoms with van der Waals surface area (Å²) in [6.45, 7) is 2.58. The Kier molecular flexibility index (Phi) is 3.07. The summed E-state index contributed by atoms with van der Waals surface area (Å²) < 4.78 is 1.83. The van der Waals surface area contributed by atoms with Crippen molar-refractivity contribution in [3.05, 3.63) is 40.8 Å². The average molecular weight is 238 g/mol. The summed E-state index contributed by atoms with van der Waals surface area (Å²) in [5.74, 6) is 5.92. The van der Waals surface area contributed by atoms with Gasteiger partial charge in [-0.15, -0.1) is 0 Å². The van der Waals surface area contributed by atoms with E-state index in [9.17, 15) is 0 Å². The third-order valence-electron chi connectivity index (χ3n) is 2.35. The van der Waals surface area contributed by atoms with E-state index >= 15 is 0 Å². The first kappa shape index (κ1) is 10.9. The molecule has 2 rings (SSSR count). The fraction of sp³-hybridized carbons (Fsp3) is 0.200. The van der Waals surface area contributed by atoms with Crippen molar-refractivity contribution in [1.29, 1.82) is 0 Å². The van der Waals surface area contributed by atoms with Crippen LogP contribution in [-0.4, -0.2) is 14.8 Å². The first-order valence-corrected chi connectivity index (χ1v) is 5.18. The van der Waals surface area contributed by atoms with E-state index < -0.39 is 0 Å². The fourth-order valence-electron chi connectivity index (χ4n) is 1.41. The molecule has 0 aliphatic carbocycles. The van der Waals surface area contributed by atoms with Crippen LogP contribution >= 0.6 is 11.6 Å². The van der Waals surface area contributed by atoms with Crippen LogP contribution in [0.15, 0.2) is 24.5 Å². The Morgan fingerprint density at radius 3 is 3.00 bits per heavy atom. The lowest BCUT2D eigenvalue weighted by Crippen LogP contribution is -2.10. The van der Waals surface area contributed by atoms with Gasteiger partial charge in [0.1, 0.15) is 5.82 Å². The van der Waals surface area contributed by atoms with Gasteiger partial charge in [-0.2, -0.15) is 5.10 Å². The maximum Gasteiger partial charge on any atom is 0.140 e. The summed E-state index contributed by atoms with van der Waals surface area (Å²) in [7, 11) is 0. The molecule has 0 aliphatic heterocycles. The van der Waals surface area contributed by atoms with Crippen LogP contribution in [0.2, 0.25) is 5.02 Å². The molecule has 0 atom stereocenters. The molecule has 0 saturated heterocycles. The Labute approximate surface area is 98.2 Å². The minimum absolute atomic E-state index is 0.633. The summed E-state index contributed by atoms with van der Waals surface area (Å²) in [6.07, 6.45) is 3.34. The van der Waals surface area contributed by atoms with E-state index in [0.29, 0.717) is 17.4 Å². The molecule has 0 spiro atoms. The van der Waals surface area contributed by atoms with Crippen molar-refractivity contribution in [3.8, 4) is 0 Å². The number of rotatable bonds is 3. The SMILES string of the molecule is Cc1c(Cl)cnn1Cc1ccnc(NN)c1. The number of hydrazine groups is 1. The second-order valence-corrected chi connectivity index (χ2v) is 3.84. The molecule has 0 fully saturated rings. The van der Waals surface area contributed by atoms with Crippen LogP contribution in [0.4, 0.5) is 5.82 Å². The molecule has 0 amide bonds. The standard InChI is InChI=1S/C10H12ClN5/c1-7-9(11)5-14-16(7)6-8-2-3-13-10(4-8)15-12/h2-5H,6,12H2,1H3,(H,13,15). The van der Waals surface area contributed by atoms with Gasteiger partial charge in [-0.3, -0.25) is 4.68 Å². The number of anilines is 1. The summed E-state index contributed by atoms with van der Waals surface area (Å²) in [5, 5.41) is 4.85. The normalized spacial score (nSPS) is 10.4. The Balaban J connectivity index is 2.23. The number of nitrogen functional groups attached to an aromatic ring is 1. The number of nitrogens with one attached hydrogen (secondary N) is 1. The molecule has 0 saturated carbocycles. The van der Waals surface area contributed by atoms with Crippen molar-refractivity contribution in [2.75, 3.05) is 5.43 Å². The van der Waals surface area contributed by atoms with Crippen LogP contribution in [0.25, 0.3) is 0 Å². The van der Waals surface area contributed by atoms with Crippen LogP contribution < -0.4 is 11.3 Å². The van der Waals surface area contributed by atoms with Gasteiger partial charge in [-0.05, 0) is 24.6 Å². The number of hydrogen-bond donors (Lipinski definition) is 2. The van der Waals surface area contributed by atoms with E-state index in [1.807, 2.05) is 23.7 Å². The van der Waals surface area contributed by atoms with Crippen molar-refractivity contribution in [2.45, 2.75) is 13.5 Å². The van der Waals surface area contributed by atoms with Crippen LogP contribution in [0, 0.1) is 6.92 Å². The predicted octanol–water partition coefficient (Wildman–Crippen LogP) is 1.57. The lowest BCUT2D eigenvalue weighted by Gasteiger charge is -2.06. The van der Waals surface area contributed by atoms with Gasteiger partial charge in [-0.25, -0.2) is 10.8 Å². The third-order valence-corrected chi connectivity index (χ3v) is 2.72. The van der Waals surface area contributed by atoms with Gasteiger partial charge in [0.15, 0.2) is 0 Å². The summed E-state index contributed by atoms with van der Waals surface area (Å²) >= 11 is 5.93. The van der Waals surface area contributed by atoms with Crippen LogP contribution in [0.3, 0.4) is 0 Å². The Morgan fingerprint density at radius 2 is 2.38 bits per heavy atom. The molecule has 2 aromatic rings. The minimum atomic E-state index is 0.633. The molecule has 2 aromatic heterocycles. The van der Waals surface area contributed by atoms with E-state index in [0.717, 1.165) is 11.3 Å². The van der Waals surface area contributed by atoms with Crippen molar-refractivity contribution >= 4 is 17.4 Å². The molecule has 0 unspecified atom stereocenters. The molecule has 84 valence electrons. The highest BCUT2D eigenvalue weighted by Gasteiger charge is 2.04. The summed E-state index contributed by atoms with van der Waals surface area (Å²) in [6, 6.07) is 3.78. The van der Waals surface area contributed by atoms with E-state index in [2.05, 4.69) is 15.5 Å². The van der Waals surface area contributed by atoms with Crippen LogP contribution in [0.5, 0.6) is 0 Å². The van der Waals surface area contributed by atoms with Gasteiger partial charge in [-0.1, -0.05) is 11.6 Å². The van der Waals surface area contributed by atoms with E-state index in [-0.39, 0.29) is 0 Å². The smallest absolute Gasteiger partial charge is 0.140 e. The van der Waals surface area contributed by atoms with Crippen LogP contribution in [0.1, 0.15) is 11.3 Å². The van der Waals surface area contributed by atoms with Crippen LogP contribution in [-0.2, 0) is 6.54 Å². The quantitative estimate of drug-likeness (QED) is 0.628. The Hall–Kier alpha value is -1.59. The fourth-order valence-corrected chi connectivity index (χ4v) is 1.55. The van der Waals surface area contributed by atoms with E-state index in [1.165, 1.54) is 0 Å². The molecule has 0 aromatic carbocycles. The van der Waals surface area contributed by atoms with Crippen molar-refractivity contribution in [3.63, 3.8) is 0 Å². The lowest BCUT2D eigenvalue weighted by molar-refractivity contribution is 0.665. The van der Waals surface area contributed by atoms with E-state index in [4.69, 9.17) is 17.4 Å². The molecule has 0 bridgehead atoms. The maximum absolute atomic E-state index is 5.93. The summed E-state index contributed by atoms with van der Waals surface area (Å²) in [4.78, 5) is 4.04. The minimum Gasteiger partial charge on any atom is -0.308 e. The molecule has 6 heteroatoms. The van der Waals surface area contributed by atoms with Gasteiger partial charge in [0.25, 0.3) is 0 Å². The number of halogens is 1. The van der Waals surface area contributed by atoms with Gasteiger partial charge in [0.05, 0.1) is 23.5 Å². The zero-order valence-corrected chi connectivity index (χ0v) is 9.57. The zero-order valence-electron chi connectivity index (χ0n) is 8.81. The summed E-state index contributed by atoms with van der Waals surface area (Å²) in [5.41, 5.74) is 4.51. The maximum atomic E-state index is 5.93. The number of nitrogens with two attached hydrogens (primary N) is 1. The van der Waals surface area contributed by atoms with Crippen molar-refractivity contribution in [1.82, 2.24) is 14.8 Å². The predicted molar refractivity (Wildman–Crippen MR) is 63.1 cm³/mol. The molecular formula is C10H12ClN5. The highest BCUT2D eigenvalue weighted by molar-refractivity contribution is 6.31. The second-order valence-electron chi connectivity index (χ2n) is 3.43. The molecular weight excluding hydrogens is 226 g/mol. The average Bonchev–Trinajstić information content (AvgIpc) is 2.61. The molecule has 5 nitrogen and oxygen atoms in total. The molecule has 2 heterocycles.